The molecule has 8 nitrogen and oxygen atoms in total. The number of amides is 1. The van der Waals surface area contributed by atoms with Crippen LogP contribution in [0.4, 0.5) is 11.6 Å². The van der Waals surface area contributed by atoms with Crippen LogP contribution >= 0.6 is 0 Å². The van der Waals surface area contributed by atoms with E-state index in [0.717, 1.165) is 11.3 Å². The highest BCUT2D eigenvalue weighted by Gasteiger charge is 2.29. The van der Waals surface area contributed by atoms with Crippen molar-refractivity contribution in [2.24, 2.45) is 0 Å². The van der Waals surface area contributed by atoms with Crippen molar-refractivity contribution in [2.75, 3.05) is 11.1 Å². The molecule has 1 heterocycles. The lowest BCUT2D eigenvalue weighted by Crippen LogP contribution is -2.45. The van der Waals surface area contributed by atoms with Crippen LogP contribution in [0, 0.1) is 0 Å². The predicted molar refractivity (Wildman–Crippen MR) is 128 cm³/mol. The molecule has 170 valence electrons. The molecule has 1 fully saturated rings. The fourth-order valence-electron chi connectivity index (χ4n) is 4.09. The Morgan fingerprint density at radius 3 is 2.45 bits per heavy atom. The topological polar surface area (TPSA) is 122 Å². The fourth-order valence-corrected chi connectivity index (χ4v) is 4.09. The standard InChI is InChI=1S/C25H27N5O3/c1-2-22(32)29-17-12-18(14-19(31)13-17)30-25-23(24(26)27-15-28-25)16-8-10-21(11-9-16)33-20-6-4-3-5-7-20/h2-11,15,17-19,31H,1,12-14H2,(H,29,32)(H3,26,27,28,30)/t17-,18+,19+/m1/s1. The summed E-state index contributed by atoms with van der Waals surface area (Å²) in [6.07, 6.45) is 3.78. The Morgan fingerprint density at radius 1 is 1.03 bits per heavy atom. The number of carbonyl (C=O) groups excluding carboxylic acids is 1. The van der Waals surface area contributed by atoms with E-state index in [-0.39, 0.29) is 18.0 Å². The summed E-state index contributed by atoms with van der Waals surface area (Å²) in [5, 5.41) is 16.6. The first-order chi connectivity index (χ1) is 16.0. The molecule has 1 aliphatic rings. The number of para-hydroxylation sites is 1. The molecule has 1 aliphatic carbocycles. The van der Waals surface area contributed by atoms with Gasteiger partial charge in [-0.05, 0) is 55.2 Å². The van der Waals surface area contributed by atoms with E-state index in [4.69, 9.17) is 10.5 Å². The summed E-state index contributed by atoms with van der Waals surface area (Å²) in [6, 6.07) is 16.8. The molecule has 1 aromatic heterocycles. The lowest BCUT2D eigenvalue weighted by Gasteiger charge is -2.34. The summed E-state index contributed by atoms with van der Waals surface area (Å²) >= 11 is 0. The molecule has 33 heavy (non-hydrogen) atoms. The molecule has 1 amide bonds. The third kappa shape index (κ3) is 5.67. The fraction of sp³-hybridized carbons (Fsp3) is 0.240. The molecule has 4 rings (SSSR count). The second-order valence-corrected chi connectivity index (χ2v) is 8.03. The number of anilines is 2. The minimum atomic E-state index is -0.539. The number of aliphatic hydroxyl groups is 1. The number of aliphatic hydroxyl groups excluding tert-OH is 1. The largest absolute Gasteiger partial charge is 0.457 e. The van der Waals surface area contributed by atoms with E-state index in [1.54, 1.807) is 0 Å². The number of hydrogen-bond acceptors (Lipinski definition) is 7. The Labute approximate surface area is 192 Å². The quantitative estimate of drug-likeness (QED) is 0.411. The lowest BCUT2D eigenvalue weighted by atomic mass is 9.88. The van der Waals surface area contributed by atoms with Crippen LogP contribution in [0.3, 0.4) is 0 Å². The molecule has 0 radical (unpaired) electrons. The number of nitrogens with zero attached hydrogens (tertiary/aromatic N) is 2. The van der Waals surface area contributed by atoms with Crippen molar-refractivity contribution in [1.82, 2.24) is 15.3 Å². The van der Waals surface area contributed by atoms with Gasteiger partial charge in [0, 0.05) is 12.1 Å². The number of aromatic nitrogens is 2. The number of benzene rings is 2. The highest BCUT2D eigenvalue weighted by atomic mass is 16.5. The molecule has 3 aromatic rings. The molecule has 0 spiro atoms. The third-order valence-corrected chi connectivity index (χ3v) is 5.55. The summed E-state index contributed by atoms with van der Waals surface area (Å²) in [5.74, 6) is 2.12. The van der Waals surface area contributed by atoms with Gasteiger partial charge in [0.25, 0.3) is 0 Å². The van der Waals surface area contributed by atoms with Gasteiger partial charge in [0.1, 0.15) is 29.5 Å². The van der Waals surface area contributed by atoms with Crippen molar-refractivity contribution in [3.63, 3.8) is 0 Å². The van der Waals surface area contributed by atoms with Crippen LogP contribution in [0.25, 0.3) is 11.1 Å². The van der Waals surface area contributed by atoms with Gasteiger partial charge in [-0.3, -0.25) is 4.79 Å². The molecule has 2 aromatic carbocycles. The molecule has 0 saturated heterocycles. The van der Waals surface area contributed by atoms with Crippen molar-refractivity contribution in [3.05, 3.63) is 73.6 Å². The van der Waals surface area contributed by atoms with Gasteiger partial charge < -0.3 is 26.2 Å². The summed E-state index contributed by atoms with van der Waals surface area (Å²) < 4.78 is 5.87. The zero-order valence-electron chi connectivity index (χ0n) is 18.1. The van der Waals surface area contributed by atoms with Crippen LogP contribution in [0.2, 0.25) is 0 Å². The molecule has 1 saturated carbocycles. The SMILES string of the molecule is C=CC(=O)N[C@H]1C[C@H](O)C[C@@H](Nc2ncnc(N)c2-c2ccc(Oc3ccccc3)cc2)C1. The highest BCUT2D eigenvalue weighted by Crippen LogP contribution is 2.34. The van der Waals surface area contributed by atoms with Crippen molar-refractivity contribution in [1.29, 1.82) is 0 Å². The molecule has 0 bridgehead atoms. The number of nitrogen functional groups attached to an aromatic ring is 1. The highest BCUT2D eigenvalue weighted by molar-refractivity contribution is 5.87. The molecule has 0 aliphatic heterocycles. The summed E-state index contributed by atoms with van der Waals surface area (Å²) in [6.45, 7) is 3.49. The average Bonchev–Trinajstić information content (AvgIpc) is 2.80. The monoisotopic (exact) mass is 445 g/mol. The van der Waals surface area contributed by atoms with Gasteiger partial charge in [-0.1, -0.05) is 36.9 Å². The van der Waals surface area contributed by atoms with Crippen molar-refractivity contribution in [3.8, 4) is 22.6 Å². The second-order valence-electron chi connectivity index (χ2n) is 8.03. The first-order valence-corrected chi connectivity index (χ1v) is 10.8. The van der Waals surface area contributed by atoms with Crippen LogP contribution in [-0.2, 0) is 4.79 Å². The number of nitrogens with two attached hydrogens (primary N) is 1. The summed E-state index contributed by atoms with van der Waals surface area (Å²) in [7, 11) is 0. The normalized spacial score (nSPS) is 20.0. The van der Waals surface area contributed by atoms with Gasteiger partial charge in [-0.25, -0.2) is 9.97 Å². The van der Waals surface area contributed by atoms with Crippen molar-refractivity contribution >= 4 is 17.5 Å². The van der Waals surface area contributed by atoms with Crippen LogP contribution in [0.15, 0.2) is 73.6 Å². The Balaban J connectivity index is 1.52. The van der Waals surface area contributed by atoms with Crippen LogP contribution < -0.4 is 21.1 Å². The number of nitrogens with one attached hydrogen (secondary N) is 2. The van der Waals surface area contributed by atoms with Gasteiger partial charge in [0.2, 0.25) is 5.91 Å². The summed E-state index contributed by atoms with van der Waals surface area (Å²) in [4.78, 5) is 20.3. The number of carbonyl (C=O) groups is 1. The maximum atomic E-state index is 11.7. The molecular weight excluding hydrogens is 418 g/mol. The smallest absolute Gasteiger partial charge is 0.243 e. The van der Waals surface area contributed by atoms with E-state index in [9.17, 15) is 9.90 Å². The zero-order chi connectivity index (χ0) is 23.2. The van der Waals surface area contributed by atoms with Crippen LogP contribution in [0.1, 0.15) is 19.3 Å². The number of ether oxygens (including phenoxy) is 1. The van der Waals surface area contributed by atoms with Gasteiger partial charge in [-0.2, -0.15) is 0 Å². The third-order valence-electron chi connectivity index (χ3n) is 5.55. The van der Waals surface area contributed by atoms with E-state index in [0.29, 0.717) is 42.2 Å². The predicted octanol–water partition coefficient (Wildman–Crippen LogP) is 3.51. The molecule has 0 unspecified atom stereocenters. The van der Waals surface area contributed by atoms with Gasteiger partial charge in [-0.15, -0.1) is 0 Å². The minimum Gasteiger partial charge on any atom is -0.457 e. The molecule has 5 N–H and O–H groups in total. The molecule has 8 heteroatoms. The maximum absolute atomic E-state index is 11.7. The first-order valence-electron chi connectivity index (χ1n) is 10.8. The van der Waals surface area contributed by atoms with E-state index in [1.807, 2.05) is 54.6 Å². The van der Waals surface area contributed by atoms with E-state index in [1.165, 1.54) is 12.4 Å². The van der Waals surface area contributed by atoms with Gasteiger partial charge in [0.15, 0.2) is 0 Å². The molecular formula is C25H27N5O3. The van der Waals surface area contributed by atoms with Crippen LogP contribution in [0.5, 0.6) is 11.5 Å². The Hall–Kier alpha value is -3.91. The zero-order valence-corrected chi connectivity index (χ0v) is 18.1. The number of rotatable bonds is 7. The van der Waals surface area contributed by atoms with E-state index in [2.05, 4.69) is 27.2 Å². The Morgan fingerprint density at radius 2 is 1.73 bits per heavy atom. The average molecular weight is 446 g/mol. The minimum absolute atomic E-state index is 0.0994. The summed E-state index contributed by atoms with van der Waals surface area (Å²) in [5.41, 5.74) is 7.73. The van der Waals surface area contributed by atoms with Crippen LogP contribution in [-0.4, -0.2) is 39.2 Å². The number of hydrogen-bond donors (Lipinski definition) is 4. The Kier molecular flexibility index (Phi) is 6.85. The molecule has 3 atom stereocenters. The van der Waals surface area contributed by atoms with Crippen molar-refractivity contribution < 1.29 is 14.6 Å². The van der Waals surface area contributed by atoms with E-state index < -0.39 is 6.10 Å². The van der Waals surface area contributed by atoms with E-state index >= 15 is 0 Å². The second kappa shape index (κ2) is 10.1. The van der Waals surface area contributed by atoms with Gasteiger partial charge >= 0.3 is 0 Å². The van der Waals surface area contributed by atoms with Crippen molar-refractivity contribution in [2.45, 2.75) is 37.5 Å². The first kappa shape index (κ1) is 22.3. The maximum Gasteiger partial charge on any atom is 0.243 e. The van der Waals surface area contributed by atoms with Gasteiger partial charge in [0.05, 0.1) is 11.7 Å². The Bertz CT molecular complexity index is 1100. The lowest BCUT2D eigenvalue weighted by molar-refractivity contribution is -0.117.